The van der Waals surface area contributed by atoms with Crippen LogP contribution < -0.4 is 5.73 Å². The first-order valence-electron chi connectivity index (χ1n) is 5.17. The molecule has 3 atom stereocenters. The zero-order valence-electron chi connectivity index (χ0n) is 8.12. The fourth-order valence-corrected chi connectivity index (χ4v) is 2.99. The van der Waals surface area contributed by atoms with Gasteiger partial charge in [-0.25, -0.2) is 0 Å². The van der Waals surface area contributed by atoms with Gasteiger partial charge in [0.25, 0.3) is 0 Å². The normalized spacial score (nSPS) is 42.2. The van der Waals surface area contributed by atoms with E-state index in [0.29, 0.717) is 11.8 Å². The van der Waals surface area contributed by atoms with Gasteiger partial charge in [0.1, 0.15) is 0 Å². The van der Waals surface area contributed by atoms with Crippen molar-refractivity contribution in [1.82, 2.24) is 0 Å². The number of carbonyl (C=O) groups is 1. The molecular weight excluding hydrogens is 162 g/mol. The number of amides is 1. The van der Waals surface area contributed by atoms with E-state index in [1.54, 1.807) is 0 Å². The molecule has 2 bridgehead atoms. The van der Waals surface area contributed by atoms with Gasteiger partial charge in [-0.3, -0.25) is 4.79 Å². The average Bonchev–Trinajstić information content (AvgIpc) is 2.19. The standard InChI is InChI=1S/C11H17NO/c1-2-11(10(12)13)7-8-3-5-9(11)6-4-8/h3,5,8-9H,2,4,6-7H2,1H3,(H2,12,13)/t8-,9+,11+/m1/s1. The minimum absolute atomic E-state index is 0.0888. The molecule has 0 aromatic rings. The van der Waals surface area contributed by atoms with Crippen LogP contribution >= 0.6 is 0 Å². The molecule has 2 heteroatoms. The number of hydrogen-bond donors (Lipinski definition) is 1. The highest BCUT2D eigenvalue weighted by Crippen LogP contribution is 2.50. The van der Waals surface area contributed by atoms with Crippen molar-refractivity contribution < 1.29 is 4.79 Å². The molecule has 0 aliphatic heterocycles. The van der Waals surface area contributed by atoms with Crippen LogP contribution in [0.1, 0.15) is 32.6 Å². The molecule has 3 aliphatic carbocycles. The molecule has 13 heavy (non-hydrogen) atoms. The topological polar surface area (TPSA) is 43.1 Å². The van der Waals surface area contributed by atoms with Crippen molar-refractivity contribution in [1.29, 1.82) is 0 Å². The molecule has 1 fully saturated rings. The van der Waals surface area contributed by atoms with E-state index < -0.39 is 0 Å². The zero-order valence-corrected chi connectivity index (χ0v) is 8.12. The van der Waals surface area contributed by atoms with Gasteiger partial charge < -0.3 is 5.73 Å². The summed E-state index contributed by atoms with van der Waals surface area (Å²) in [7, 11) is 0. The zero-order chi connectivity index (χ0) is 9.47. The molecule has 1 amide bonds. The molecule has 72 valence electrons. The fourth-order valence-electron chi connectivity index (χ4n) is 2.99. The molecule has 0 saturated heterocycles. The highest BCUT2D eigenvalue weighted by molar-refractivity contribution is 5.82. The first-order valence-corrected chi connectivity index (χ1v) is 5.17. The maximum absolute atomic E-state index is 11.5. The van der Waals surface area contributed by atoms with Crippen LogP contribution in [0.2, 0.25) is 0 Å². The number of rotatable bonds is 2. The molecular formula is C11H17NO. The first-order chi connectivity index (χ1) is 6.19. The van der Waals surface area contributed by atoms with Crippen molar-refractivity contribution in [2.45, 2.75) is 32.6 Å². The Morgan fingerprint density at radius 1 is 1.54 bits per heavy atom. The van der Waals surface area contributed by atoms with E-state index in [1.807, 2.05) is 0 Å². The third-order valence-corrected chi connectivity index (χ3v) is 3.92. The fraction of sp³-hybridized carbons (Fsp3) is 0.727. The third-order valence-electron chi connectivity index (χ3n) is 3.92. The summed E-state index contributed by atoms with van der Waals surface area (Å²) in [6, 6.07) is 0. The van der Waals surface area contributed by atoms with E-state index in [4.69, 9.17) is 5.73 Å². The van der Waals surface area contributed by atoms with Gasteiger partial charge in [0, 0.05) is 0 Å². The second-order valence-corrected chi connectivity index (χ2v) is 4.41. The minimum atomic E-state index is -0.211. The predicted molar refractivity (Wildman–Crippen MR) is 51.9 cm³/mol. The maximum atomic E-state index is 11.5. The number of nitrogens with two attached hydrogens (primary N) is 1. The van der Waals surface area contributed by atoms with Crippen LogP contribution in [0.15, 0.2) is 12.2 Å². The summed E-state index contributed by atoms with van der Waals surface area (Å²) >= 11 is 0. The molecule has 3 rings (SSSR count). The van der Waals surface area contributed by atoms with Gasteiger partial charge in [0.2, 0.25) is 5.91 Å². The van der Waals surface area contributed by atoms with Crippen LogP contribution in [0.5, 0.6) is 0 Å². The third kappa shape index (κ3) is 1.11. The summed E-state index contributed by atoms with van der Waals surface area (Å²) in [5.74, 6) is 0.937. The lowest BCUT2D eigenvalue weighted by Crippen LogP contribution is -2.47. The highest BCUT2D eigenvalue weighted by atomic mass is 16.1. The van der Waals surface area contributed by atoms with Crippen LogP contribution in [-0.2, 0) is 4.79 Å². The molecule has 0 aromatic carbocycles. The highest BCUT2D eigenvalue weighted by Gasteiger charge is 2.47. The Morgan fingerprint density at radius 3 is 2.54 bits per heavy atom. The first kappa shape index (κ1) is 8.79. The van der Waals surface area contributed by atoms with Crippen LogP contribution in [0.3, 0.4) is 0 Å². The van der Waals surface area contributed by atoms with Gasteiger partial charge in [-0.2, -0.15) is 0 Å². The summed E-state index contributed by atoms with van der Waals surface area (Å²) < 4.78 is 0. The molecule has 0 aromatic heterocycles. The molecule has 2 nitrogen and oxygen atoms in total. The number of carbonyl (C=O) groups excluding carboxylic acids is 1. The van der Waals surface area contributed by atoms with Crippen molar-refractivity contribution >= 4 is 5.91 Å². The van der Waals surface area contributed by atoms with Gasteiger partial charge in [-0.15, -0.1) is 0 Å². The van der Waals surface area contributed by atoms with Crippen LogP contribution in [-0.4, -0.2) is 5.91 Å². The Morgan fingerprint density at radius 2 is 2.31 bits per heavy atom. The van der Waals surface area contributed by atoms with Crippen LogP contribution in [0.4, 0.5) is 0 Å². The van der Waals surface area contributed by atoms with E-state index >= 15 is 0 Å². The van der Waals surface area contributed by atoms with E-state index in [-0.39, 0.29) is 11.3 Å². The lowest BCUT2D eigenvalue weighted by atomic mass is 9.58. The summed E-state index contributed by atoms with van der Waals surface area (Å²) in [6.07, 6.45) is 8.76. The van der Waals surface area contributed by atoms with Crippen molar-refractivity contribution in [3.8, 4) is 0 Å². The predicted octanol–water partition coefficient (Wildman–Crippen LogP) is 1.85. The van der Waals surface area contributed by atoms with Gasteiger partial charge >= 0.3 is 0 Å². The number of hydrogen-bond acceptors (Lipinski definition) is 1. The average molecular weight is 179 g/mol. The van der Waals surface area contributed by atoms with Crippen LogP contribution in [0, 0.1) is 17.3 Å². The Balaban J connectivity index is 2.33. The molecule has 3 aliphatic rings. The summed E-state index contributed by atoms with van der Waals surface area (Å²) in [4.78, 5) is 11.5. The van der Waals surface area contributed by atoms with E-state index in [2.05, 4.69) is 19.1 Å². The molecule has 0 heterocycles. The summed E-state index contributed by atoms with van der Waals surface area (Å²) in [5, 5.41) is 0. The summed E-state index contributed by atoms with van der Waals surface area (Å²) in [5.41, 5.74) is 5.32. The Hall–Kier alpha value is -0.790. The van der Waals surface area contributed by atoms with Crippen molar-refractivity contribution in [3.05, 3.63) is 12.2 Å². The molecule has 0 unspecified atom stereocenters. The molecule has 0 radical (unpaired) electrons. The molecule has 2 N–H and O–H groups in total. The van der Waals surface area contributed by atoms with Gasteiger partial charge in [0.15, 0.2) is 0 Å². The molecule has 1 saturated carbocycles. The number of fused-ring (bicyclic) bond motifs is 2. The minimum Gasteiger partial charge on any atom is -0.369 e. The van der Waals surface area contributed by atoms with Gasteiger partial charge in [0.05, 0.1) is 5.41 Å². The second kappa shape index (κ2) is 2.86. The number of primary amides is 1. The lowest BCUT2D eigenvalue weighted by Gasteiger charge is -2.46. The largest absolute Gasteiger partial charge is 0.369 e. The van der Waals surface area contributed by atoms with Crippen molar-refractivity contribution in [2.75, 3.05) is 0 Å². The van der Waals surface area contributed by atoms with Gasteiger partial charge in [-0.1, -0.05) is 19.1 Å². The lowest BCUT2D eigenvalue weighted by molar-refractivity contribution is -0.133. The SMILES string of the molecule is CC[C@]1(C(N)=O)C[C@@H]2C=C[C@H]1CC2. The Bertz CT molecular complexity index is 259. The summed E-state index contributed by atoms with van der Waals surface area (Å²) in [6.45, 7) is 2.08. The molecule has 0 spiro atoms. The quantitative estimate of drug-likeness (QED) is 0.646. The van der Waals surface area contributed by atoms with Gasteiger partial charge in [-0.05, 0) is 37.5 Å². The van der Waals surface area contributed by atoms with E-state index in [0.717, 1.165) is 19.3 Å². The van der Waals surface area contributed by atoms with Crippen molar-refractivity contribution in [2.24, 2.45) is 23.0 Å². The Kier molecular flexibility index (Phi) is 1.94. The van der Waals surface area contributed by atoms with E-state index in [1.165, 1.54) is 6.42 Å². The Labute approximate surface area is 79.2 Å². The van der Waals surface area contributed by atoms with Crippen LogP contribution in [0.25, 0.3) is 0 Å². The second-order valence-electron chi connectivity index (χ2n) is 4.41. The maximum Gasteiger partial charge on any atom is 0.224 e. The number of allylic oxidation sites excluding steroid dienone is 2. The van der Waals surface area contributed by atoms with Crippen molar-refractivity contribution in [3.63, 3.8) is 0 Å². The van der Waals surface area contributed by atoms with E-state index in [9.17, 15) is 4.79 Å². The smallest absolute Gasteiger partial charge is 0.224 e. The monoisotopic (exact) mass is 179 g/mol.